The van der Waals surface area contributed by atoms with E-state index in [-0.39, 0.29) is 11.9 Å². The van der Waals surface area contributed by atoms with Crippen molar-refractivity contribution in [3.05, 3.63) is 54.0 Å². The van der Waals surface area contributed by atoms with Crippen LogP contribution in [0.2, 0.25) is 0 Å². The van der Waals surface area contributed by atoms with E-state index in [1.165, 1.54) is 6.20 Å². The highest BCUT2D eigenvalue weighted by Crippen LogP contribution is 2.17. The fraction of sp³-hybridized carbons (Fsp3) is 0.278. The Labute approximate surface area is 145 Å². The van der Waals surface area contributed by atoms with E-state index >= 15 is 0 Å². The summed E-state index contributed by atoms with van der Waals surface area (Å²) in [4.78, 5) is 16.7. The monoisotopic (exact) mass is 340 g/mol. The highest BCUT2D eigenvalue weighted by atomic mass is 16.5. The molecule has 3 aromatic rings. The van der Waals surface area contributed by atoms with E-state index < -0.39 is 0 Å². The first-order valence-corrected chi connectivity index (χ1v) is 7.94. The molecule has 0 aliphatic carbocycles. The molecular formula is C18H20N4O3. The van der Waals surface area contributed by atoms with Gasteiger partial charge in [0.25, 0.3) is 5.91 Å². The van der Waals surface area contributed by atoms with Gasteiger partial charge in [-0.05, 0) is 43.7 Å². The first kappa shape index (κ1) is 16.8. The molecule has 130 valence electrons. The van der Waals surface area contributed by atoms with Gasteiger partial charge in [0.2, 0.25) is 0 Å². The normalized spacial score (nSPS) is 12.0. The van der Waals surface area contributed by atoms with Gasteiger partial charge in [0.15, 0.2) is 5.65 Å². The molecule has 0 aliphatic rings. The summed E-state index contributed by atoms with van der Waals surface area (Å²) in [6.45, 7) is 4.15. The van der Waals surface area contributed by atoms with Gasteiger partial charge in [0, 0.05) is 12.4 Å². The van der Waals surface area contributed by atoms with Gasteiger partial charge in [-0.15, -0.1) is 0 Å². The van der Waals surface area contributed by atoms with E-state index in [0.29, 0.717) is 17.8 Å². The summed E-state index contributed by atoms with van der Waals surface area (Å²) in [6, 6.07) is 7.13. The van der Waals surface area contributed by atoms with E-state index in [9.17, 15) is 4.79 Å². The maximum absolute atomic E-state index is 12.4. The minimum absolute atomic E-state index is 0.171. The lowest BCUT2D eigenvalue weighted by molar-refractivity contribution is 0.0928. The lowest BCUT2D eigenvalue weighted by Gasteiger charge is -2.14. The Morgan fingerprint density at radius 1 is 1.24 bits per heavy atom. The molecule has 1 unspecified atom stereocenters. The molecule has 0 spiro atoms. The molecule has 0 saturated carbocycles. The summed E-state index contributed by atoms with van der Waals surface area (Å²) in [6.07, 6.45) is 5.06. The Balaban J connectivity index is 1.59. The van der Waals surface area contributed by atoms with Gasteiger partial charge < -0.3 is 14.8 Å². The molecule has 0 bridgehead atoms. The number of nitrogens with one attached hydrogen (secondary N) is 1. The Morgan fingerprint density at radius 2 is 1.96 bits per heavy atom. The van der Waals surface area contributed by atoms with Crippen LogP contribution in [0.3, 0.4) is 0 Å². The Bertz CT molecular complexity index is 874. The number of aryl methyl sites for hydroxylation is 1. The lowest BCUT2D eigenvalue weighted by atomic mass is 10.2. The highest BCUT2D eigenvalue weighted by Gasteiger charge is 2.16. The smallest absolute Gasteiger partial charge is 0.257 e. The fourth-order valence-electron chi connectivity index (χ4n) is 2.36. The zero-order valence-corrected chi connectivity index (χ0v) is 14.4. The fourth-order valence-corrected chi connectivity index (χ4v) is 2.36. The largest absolute Gasteiger partial charge is 0.497 e. The maximum Gasteiger partial charge on any atom is 0.257 e. The van der Waals surface area contributed by atoms with Gasteiger partial charge in [-0.2, -0.15) is 5.10 Å². The van der Waals surface area contributed by atoms with Crippen LogP contribution in [-0.4, -0.2) is 40.3 Å². The molecular weight excluding hydrogens is 320 g/mol. The molecule has 0 saturated heterocycles. The van der Waals surface area contributed by atoms with Crippen LogP contribution in [0.15, 0.2) is 42.9 Å². The quantitative estimate of drug-likeness (QED) is 0.745. The number of hydrogen-bond donors (Lipinski definition) is 1. The van der Waals surface area contributed by atoms with Gasteiger partial charge in [0.05, 0.1) is 19.3 Å². The van der Waals surface area contributed by atoms with Crippen molar-refractivity contribution in [1.29, 1.82) is 0 Å². The van der Waals surface area contributed by atoms with Crippen molar-refractivity contribution in [3.63, 3.8) is 0 Å². The van der Waals surface area contributed by atoms with Crippen molar-refractivity contribution < 1.29 is 14.3 Å². The summed E-state index contributed by atoms with van der Waals surface area (Å²) < 4.78 is 12.4. The molecule has 2 aromatic heterocycles. The van der Waals surface area contributed by atoms with Gasteiger partial charge in [-0.25, -0.2) is 9.50 Å². The molecule has 7 heteroatoms. The Hall–Kier alpha value is -3.09. The first-order valence-electron chi connectivity index (χ1n) is 7.94. The number of nitrogens with zero attached hydrogens (tertiary/aromatic N) is 3. The second-order valence-electron chi connectivity index (χ2n) is 5.82. The topological polar surface area (TPSA) is 77.8 Å². The van der Waals surface area contributed by atoms with Crippen molar-refractivity contribution in [2.75, 3.05) is 13.7 Å². The third kappa shape index (κ3) is 3.88. The van der Waals surface area contributed by atoms with Gasteiger partial charge in [-0.1, -0.05) is 0 Å². The van der Waals surface area contributed by atoms with Crippen molar-refractivity contribution in [3.8, 4) is 11.5 Å². The number of aromatic nitrogens is 3. The van der Waals surface area contributed by atoms with Crippen LogP contribution >= 0.6 is 0 Å². The average Bonchev–Trinajstić information content (AvgIpc) is 3.03. The molecule has 25 heavy (non-hydrogen) atoms. The first-order chi connectivity index (χ1) is 12.1. The SMILES string of the molecule is COc1ccc(OCC(C)NC(=O)c2cnn3cc(C)cnc23)cc1. The van der Waals surface area contributed by atoms with Crippen molar-refractivity contribution in [2.24, 2.45) is 0 Å². The zero-order chi connectivity index (χ0) is 17.8. The second-order valence-corrected chi connectivity index (χ2v) is 5.82. The van der Waals surface area contributed by atoms with Crippen molar-refractivity contribution in [2.45, 2.75) is 19.9 Å². The summed E-state index contributed by atoms with van der Waals surface area (Å²) >= 11 is 0. The molecule has 0 fully saturated rings. The van der Waals surface area contributed by atoms with Crippen LogP contribution in [0, 0.1) is 6.92 Å². The summed E-state index contributed by atoms with van der Waals surface area (Å²) in [5, 5.41) is 7.07. The van der Waals surface area contributed by atoms with Crippen LogP contribution < -0.4 is 14.8 Å². The molecule has 1 N–H and O–H groups in total. The van der Waals surface area contributed by atoms with E-state index in [4.69, 9.17) is 9.47 Å². The molecule has 1 aromatic carbocycles. The van der Waals surface area contributed by atoms with Crippen LogP contribution in [0.5, 0.6) is 11.5 Å². The van der Waals surface area contributed by atoms with Crippen molar-refractivity contribution in [1.82, 2.24) is 19.9 Å². The summed E-state index contributed by atoms with van der Waals surface area (Å²) in [7, 11) is 1.62. The predicted molar refractivity (Wildman–Crippen MR) is 93.1 cm³/mol. The van der Waals surface area contributed by atoms with E-state index in [1.807, 2.05) is 44.3 Å². The minimum Gasteiger partial charge on any atom is -0.497 e. The number of carbonyl (C=O) groups is 1. The Morgan fingerprint density at radius 3 is 2.68 bits per heavy atom. The van der Waals surface area contributed by atoms with Gasteiger partial charge >= 0.3 is 0 Å². The van der Waals surface area contributed by atoms with Gasteiger partial charge in [-0.3, -0.25) is 4.79 Å². The molecule has 0 radical (unpaired) electrons. The molecule has 1 amide bonds. The van der Waals surface area contributed by atoms with E-state index in [1.54, 1.807) is 17.8 Å². The zero-order valence-electron chi connectivity index (χ0n) is 14.4. The van der Waals surface area contributed by atoms with E-state index in [0.717, 1.165) is 17.1 Å². The number of carbonyl (C=O) groups excluding carboxylic acids is 1. The highest BCUT2D eigenvalue weighted by molar-refractivity contribution is 5.99. The van der Waals surface area contributed by atoms with Crippen LogP contribution in [0.4, 0.5) is 0 Å². The maximum atomic E-state index is 12.4. The lowest BCUT2D eigenvalue weighted by Crippen LogP contribution is -2.36. The Kier molecular flexibility index (Phi) is 4.83. The molecule has 0 aliphatic heterocycles. The number of fused-ring (bicyclic) bond motifs is 1. The van der Waals surface area contributed by atoms with E-state index in [2.05, 4.69) is 15.4 Å². The minimum atomic E-state index is -0.225. The third-order valence-electron chi connectivity index (χ3n) is 3.67. The second kappa shape index (κ2) is 7.21. The standard InChI is InChI=1S/C18H20N4O3/c1-12-8-19-17-16(9-20-22(17)10-12)18(23)21-13(2)11-25-15-6-4-14(24-3)5-7-15/h4-10,13H,11H2,1-3H3,(H,21,23). The molecule has 2 heterocycles. The number of hydrogen-bond acceptors (Lipinski definition) is 5. The van der Waals surface area contributed by atoms with Crippen molar-refractivity contribution >= 4 is 11.6 Å². The van der Waals surface area contributed by atoms with Crippen LogP contribution in [0.1, 0.15) is 22.8 Å². The molecule has 3 rings (SSSR count). The number of methoxy groups -OCH3 is 1. The molecule has 7 nitrogen and oxygen atoms in total. The molecule has 1 atom stereocenters. The number of benzene rings is 1. The van der Waals surface area contributed by atoms with Crippen LogP contribution in [-0.2, 0) is 0 Å². The third-order valence-corrected chi connectivity index (χ3v) is 3.67. The number of amides is 1. The summed E-state index contributed by atoms with van der Waals surface area (Å²) in [5.74, 6) is 1.26. The summed E-state index contributed by atoms with van der Waals surface area (Å²) in [5.41, 5.74) is 1.95. The number of rotatable bonds is 6. The number of ether oxygens (including phenoxy) is 2. The van der Waals surface area contributed by atoms with Crippen LogP contribution in [0.25, 0.3) is 5.65 Å². The average molecular weight is 340 g/mol. The van der Waals surface area contributed by atoms with Gasteiger partial charge in [0.1, 0.15) is 23.7 Å². The predicted octanol–water partition coefficient (Wildman–Crippen LogP) is 2.24.